The molecule has 0 saturated carbocycles. The van der Waals surface area contributed by atoms with Crippen LogP contribution in [0.2, 0.25) is 0 Å². The van der Waals surface area contributed by atoms with Gasteiger partial charge in [0.2, 0.25) is 0 Å². The Bertz CT molecular complexity index is 1260. The van der Waals surface area contributed by atoms with E-state index in [1.165, 1.54) is 11.0 Å². The molecule has 2 aliphatic heterocycles. The number of likely N-dealkylation sites (N-methyl/N-ethyl adjacent to an activating group) is 1. The van der Waals surface area contributed by atoms with Crippen LogP contribution in [0, 0.1) is 0 Å². The van der Waals surface area contributed by atoms with Crippen molar-refractivity contribution in [2.24, 2.45) is 0 Å². The van der Waals surface area contributed by atoms with Crippen molar-refractivity contribution in [1.29, 1.82) is 0 Å². The molecule has 11 heteroatoms. The molecule has 2 aromatic heterocycles. The molecule has 3 aromatic rings. The molecule has 188 valence electrons. The summed E-state index contributed by atoms with van der Waals surface area (Å²) in [6.07, 6.45) is -4.46. The third-order valence-corrected chi connectivity index (χ3v) is 6.22. The van der Waals surface area contributed by atoms with Crippen LogP contribution in [0.3, 0.4) is 0 Å². The average molecular weight is 499 g/mol. The summed E-state index contributed by atoms with van der Waals surface area (Å²) in [6, 6.07) is 13.5. The number of ether oxygens (including phenoxy) is 1. The fourth-order valence-corrected chi connectivity index (χ4v) is 4.27. The maximum absolute atomic E-state index is 13.3. The number of carbonyl (C=O) groups excluding carboxylic acids is 1. The number of morpholine rings is 1. The number of hydrogen-bond acceptors (Lipinski definition) is 6. The van der Waals surface area contributed by atoms with Gasteiger partial charge in [-0.25, -0.2) is 14.8 Å². The van der Waals surface area contributed by atoms with E-state index in [4.69, 9.17) is 4.74 Å². The van der Waals surface area contributed by atoms with E-state index in [1.54, 1.807) is 24.3 Å². The first-order valence-electron chi connectivity index (χ1n) is 11.6. The predicted octanol–water partition coefficient (Wildman–Crippen LogP) is 4.49. The van der Waals surface area contributed by atoms with Gasteiger partial charge in [0, 0.05) is 38.8 Å². The van der Waals surface area contributed by atoms with Crippen LogP contribution in [-0.2, 0) is 10.9 Å². The van der Waals surface area contributed by atoms with Crippen molar-refractivity contribution in [1.82, 2.24) is 9.97 Å². The molecule has 4 heterocycles. The largest absolute Gasteiger partial charge is 0.416 e. The number of benzene rings is 1. The Labute approximate surface area is 206 Å². The summed E-state index contributed by atoms with van der Waals surface area (Å²) < 4.78 is 45.1. The summed E-state index contributed by atoms with van der Waals surface area (Å²) in [6.45, 7) is 3.62. The fourth-order valence-electron chi connectivity index (χ4n) is 4.27. The maximum Gasteiger partial charge on any atom is 0.416 e. The second-order valence-corrected chi connectivity index (χ2v) is 8.60. The number of hydrogen-bond donors (Lipinski definition) is 1. The number of fused-ring (bicyclic) bond motifs is 1. The zero-order valence-electron chi connectivity index (χ0n) is 19.6. The molecule has 0 radical (unpaired) electrons. The minimum Gasteiger partial charge on any atom is -0.378 e. The number of aromatic nitrogens is 2. The summed E-state index contributed by atoms with van der Waals surface area (Å²) in [5.74, 6) is 1.53. The van der Waals surface area contributed by atoms with E-state index in [0.29, 0.717) is 54.9 Å². The summed E-state index contributed by atoms with van der Waals surface area (Å²) >= 11 is 0. The minimum atomic E-state index is -4.46. The number of pyridine rings is 2. The second kappa shape index (κ2) is 9.65. The van der Waals surface area contributed by atoms with Gasteiger partial charge in [0.05, 0.1) is 30.2 Å². The van der Waals surface area contributed by atoms with Crippen LogP contribution in [0.1, 0.15) is 5.56 Å². The lowest BCUT2D eigenvalue weighted by Gasteiger charge is -2.34. The molecular weight excluding hydrogens is 473 g/mol. The Morgan fingerprint density at radius 3 is 2.53 bits per heavy atom. The lowest BCUT2D eigenvalue weighted by Crippen LogP contribution is -2.45. The van der Waals surface area contributed by atoms with Crippen molar-refractivity contribution in [2.45, 2.75) is 6.18 Å². The molecular formula is C25H25F3N6O2. The van der Waals surface area contributed by atoms with E-state index in [2.05, 4.69) is 20.2 Å². The molecule has 2 amide bonds. The van der Waals surface area contributed by atoms with E-state index in [-0.39, 0.29) is 0 Å². The number of nitrogens with one attached hydrogen (secondary N) is 1. The first kappa shape index (κ1) is 23.9. The SMILES string of the molecule is CN1CCN(C(=O)Nc2cccc(N3CCOCC3)n2)c2nc(-c3cccc(C(F)(F)F)c3)ccc21. The highest BCUT2D eigenvalue weighted by molar-refractivity contribution is 6.03. The number of rotatable bonds is 3. The first-order chi connectivity index (χ1) is 17.3. The smallest absolute Gasteiger partial charge is 0.378 e. The molecule has 1 fully saturated rings. The van der Waals surface area contributed by atoms with Gasteiger partial charge in [0.15, 0.2) is 5.82 Å². The number of carbonyl (C=O) groups is 1. The zero-order chi connectivity index (χ0) is 25.3. The lowest BCUT2D eigenvalue weighted by atomic mass is 10.1. The van der Waals surface area contributed by atoms with Crippen molar-refractivity contribution >= 4 is 29.2 Å². The van der Waals surface area contributed by atoms with Crippen LogP contribution in [-0.4, -0.2) is 62.4 Å². The van der Waals surface area contributed by atoms with Crippen molar-refractivity contribution in [3.8, 4) is 11.3 Å². The first-order valence-corrected chi connectivity index (χ1v) is 11.6. The number of nitrogens with zero attached hydrogens (tertiary/aromatic N) is 5. The number of halogens is 3. The Morgan fingerprint density at radius 2 is 1.75 bits per heavy atom. The van der Waals surface area contributed by atoms with Gasteiger partial charge in [-0.05, 0) is 36.4 Å². The highest BCUT2D eigenvalue weighted by Gasteiger charge is 2.31. The second-order valence-electron chi connectivity index (χ2n) is 8.60. The van der Waals surface area contributed by atoms with Gasteiger partial charge in [-0.1, -0.05) is 18.2 Å². The van der Waals surface area contributed by atoms with Crippen molar-refractivity contribution in [2.75, 3.05) is 66.5 Å². The van der Waals surface area contributed by atoms with Crippen LogP contribution in [0.25, 0.3) is 11.3 Å². The minimum absolute atomic E-state index is 0.320. The summed E-state index contributed by atoms with van der Waals surface area (Å²) in [5, 5.41) is 2.85. The predicted molar refractivity (Wildman–Crippen MR) is 132 cm³/mol. The van der Waals surface area contributed by atoms with E-state index < -0.39 is 17.8 Å². The van der Waals surface area contributed by atoms with Crippen LogP contribution in [0.4, 0.5) is 41.1 Å². The fraction of sp³-hybridized carbons (Fsp3) is 0.320. The van der Waals surface area contributed by atoms with Crippen LogP contribution in [0.15, 0.2) is 54.6 Å². The van der Waals surface area contributed by atoms with Gasteiger partial charge >= 0.3 is 12.2 Å². The van der Waals surface area contributed by atoms with Gasteiger partial charge in [-0.2, -0.15) is 13.2 Å². The molecule has 0 unspecified atom stereocenters. The van der Waals surface area contributed by atoms with E-state index >= 15 is 0 Å². The third-order valence-electron chi connectivity index (χ3n) is 6.22. The molecule has 8 nitrogen and oxygen atoms in total. The Morgan fingerprint density at radius 1 is 0.972 bits per heavy atom. The number of alkyl halides is 3. The molecule has 0 aliphatic carbocycles. The van der Waals surface area contributed by atoms with Gasteiger partial charge in [-0.3, -0.25) is 10.2 Å². The molecule has 1 N–H and O–H groups in total. The molecule has 36 heavy (non-hydrogen) atoms. The number of anilines is 4. The Kier molecular flexibility index (Phi) is 6.40. The molecule has 0 atom stereocenters. The average Bonchev–Trinajstić information content (AvgIpc) is 2.89. The lowest BCUT2D eigenvalue weighted by molar-refractivity contribution is -0.137. The highest BCUT2D eigenvalue weighted by Crippen LogP contribution is 2.36. The normalized spacial score (nSPS) is 16.1. The van der Waals surface area contributed by atoms with Crippen LogP contribution < -0.4 is 20.0 Å². The highest BCUT2D eigenvalue weighted by atomic mass is 19.4. The zero-order valence-corrected chi connectivity index (χ0v) is 19.6. The number of amides is 2. The van der Waals surface area contributed by atoms with Gasteiger partial charge in [-0.15, -0.1) is 0 Å². The topological polar surface area (TPSA) is 73.8 Å². The summed E-state index contributed by atoms with van der Waals surface area (Å²) in [5.41, 5.74) is 0.626. The van der Waals surface area contributed by atoms with Crippen LogP contribution in [0.5, 0.6) is 0 Å². The molecule has 2 aliphatic rings. The maximum atomic E-state index is 13.3. The molecule has 0 spiro atoms. The summed E-state index contributed by atoms with van der Waals surface area (Å²) in [4.78, 5) is 28.0. The van der Waals surface area contributed by atoms with Crippen LogP contribution >= 0.6 is 0 Å². The quantitative estimate of drug-likeness (QED) is 0.574. The van der Waals surface area contributed by atoms with Gasteiger partial charge in [0.25, 0.3) is 0 Å². The monoisotopic (exact) mass is 498 g/mol. The Hall–Kier alpha value is -3.86. The number of urea groups is 1. The molecule has 1 saturated heterocycles. The van der Waals surface area contributed by atoms with Gasteiger partial charge < -0.3 is 14.5 Å². The standard InChI is InChI=1S/C25H25F3N6O2/c1-32-10-11-34(24(35)31-21-6-3-7-22(30-21)33-12-14-36-15-13-33)23-20(32)9-8-19(29-23)17-4-2-5-18(16-17)25(26,27)28/h2-9,16H,10-15H2,1H3,(H,30,31,35). The molecule has 0 bridgehead atoms. The van der Waals surface area contributed by atoms with E-state index in [9.17, 15) is 18.0 Å². The van der Waals surface area contributed by atoms with E-state index in [1.807, 2.05) is 24.1 Å². The van der Waals surface area contributed by atoms with Crippen molar-refractivity contribution < 1.29 is 22.7 Å². The third kappa shape index (κ3) is 4.92. The Balaban J connectivity index is 1.41. The molecule has 5 rings (SSSR count). The molecule has 1 aromatic carbocycles. The summed E-state index contributed by atoms with van der Waals surface area (Å²) in [7, 11) is 1.88. The van der Waals surface area contributed by atoms with Gasteiger partial charge in [0.1, 0.15) is 11.6 Å². The van der Waals surface area contributed by atoms with Crippen molar-refractivity contribution in [3.63, 3.8) is 0 Å². The van der Waals surface area contributed by atoms with E-state index in [0.717, 1.165) is 31.0 Å². The van der Waals surface area contributed by atoms with Crippen molar-refractivity contribution in [3.05, 3.63) is 60.2 Å².